The second-order valence-corrected chi connectivity index (χ2v) is 4.88. The Morgan fingerprint density at radius 2 is 1.87 bits per heavy atom. The highest BCUT2D eigenvalue weighted by atomic mass is 16.5. The first kappa shape index (κ1) is 18.5. The maximum absolute atomic E-state index is 11.7. The third kappa shape index (κ3) is 7.85. The molecule has 7 nitrogen and oxygen atoms in total. The highest BCUT2D eigenvalue weighted by Gasteiger charge is 2.24. The number of alkyl carbamates (subject to hydrolysis) is 1. The molecule has 0 bridgehead atoms. The van der Waals surface area contributed by atoms with Crippen LogP contribution in [0.25, 0.3) is 0 Å². The molecule has 0 heterocycles. The van der Waals surface area contributed by atoms with Gasteiger partial charge in [-0.2, -0.15) is 0 Å². The van der Waals surface area contributed by atoms with Crippen LogP contribution in [0.2, 0.25) is 0 Å². The summed E-state index contributed by atoms with van der Waals surface area (Å²) in [5, 5.41) is 11.2. The number of carbonyl (C=O) groups excluding carboxylic acids is 2. The van der Waals surface area contributed by atoms with E-state index in [1.165, 1.54) is 0 Å². The normalized spacial score (nSPS) is 11.3. The van der Waals surface area contributed by atoms with Gasteiger partial charge in [0.1, 0.15) is 12.6 Å². The molecular weight excluding hydrogens is 302 g/mol. The van der Waals surface area contributed by atoms with Gasteiger partial charge in [-0.15, -0.1) is 0 Å². The lowest BCUT2D eigenvalue weighted by atomic mass is 10.2. The molecule has 1 amide bonds. The first-order valence-electron chi connectivity index (χ1n) is 7.38. The predicted molar refractivity (Wildman–Crippen MR) is 81.7 cm³/mol. The van der Waals surface area contributed by atoms with Crippen LogP contribution in [0.4, 0.5) is 4.79 Å². The van der Waals surface area contributed by atoms with Gasteiger partial charge in [0, 0.05) is 0 Å². The summed E-state index contributed by atoms with van der Waals surface area (Å²) in [6.45, 7) is 2.18. The minimum atomic E-state index is -1.38. The average molecular weight is 323 g/mol. The number of rotatable bonds is 9. The number of ether oxygens (including phenoxy) is 2. The third-order valence-corrected chi connectivity index (χ3v) is 2.93. The molecule has 0 aliphatic carbocycles. The number of esters is 1. The minimum absolute atomic E-state index is 0.0486. The van der Waals surface area contributed by atoms with Crippen molar-refractivity contribution < 1.29 is 29.0 Å². The van der Waals surface area contributed by atoms with E-state index in [1.54, 1.807) is 24.3 Å². The smallest absolute Gasteiger partial charge is 0.407 e. The Labute approximate surface area is 134 Å². The Hall–Kier alpha value is -2.57. The van der Waals surface area contributed by atoms with Gasteiger partial charge in [0.25, 0.3) is 0 Å². The Balaban J connectivity index is 2.40. The van der Waals surface area contributed by atoms with E-state index in [2.05, 4.69) is 5.32 Å². The van der Waals surface area contributed by atoms with Gasteiger partial charge in [-0.25, -0.2) is 9.59 Å². The molecule has 0 aromatic heterocycles. The summed E-state index contributed by atoms with van der Waals surface area (Å²) < 4.78 is 9.80. The zero-order valence-electron chi connectivity index (χ0n) is 13.0. The fourth-order valence-electron chi connectivity index (χ4n) is 1.66. The molecule has 0 fully saturated rings. The third-order valence-electron chi connectivity index (χ3n) is 2.93. The highest BCUT2D eigenvalue weighted by molar-refractivity contribution is 5.85. The number of hydrogen-bond donors (Lipinski definition) is 2. The summed E-state index contributed by atoms with van der Waals surface area (Å²) in [6.07, 6.45) is 0.207. The van der Waals surface area contributed by atoms with Gasteiger partial charge in [0.2, 0.25) is 0 Å². The molecule has 7 heteroatoms. The summed E-state index contributed by atoms with van der Waals surface area (Å²) >= 11 is 0. The molecular formula is C16H21NO6. The number of hydrogen-bond acceptors (Lipinski definition) is 5. The van der Waals surface area contributed by atoms with Gasteiger partial charge in [-0.05, 0) is 12.0 Å². The van der Waals surface area contributed by atoms with Crippen molar-refractivity contribution in [2.24, 2.45) is 0 Å². The number of nitrogens with one attached hydrogen (secondary N) is 1. The van der Waals surface area contributed by atoms with Crippen molar-refractivity contribution in [3.63, 3.8) is 0 Å². The fourth-order valence-corrected chi connectivity index (χ4v) is 1.66. The van der Waals surface area contributed by atoms with E-state index in [9.17, 15) is 14.4 Å². The molecule has 1 aromatic carbocycles. The maximum Gasteiger partial charge on any atom is 0.407 e. The highest BCUT2D eigenvalue weighted by Crippen LogP contribution is 2.04. The zero-order chi connectivity index (χ0) is 17.1. The standard InChI is InChI=1S/C16H21NO6/c1-2-3-9-22-16(21)17-13(15(19)20)10-14(18)23-11-12-7-5-4-6-8-12/h4-8,13H,2-3,9-11H2,1H3,(H,17,21)(H,19,20)/t13-/m1/s1. The summed E-state index contributed by atoms with van der Waals surface area (Å²) in [4.78, 5) is 34.2. The molecule has 0 aliphatic rings. The fraction of sp³-hybridized carbons (Fsp3) is 0.438. The molecule has 0 radical (unpaired) electrons. The molecule has 0 aliphatic heterocycles. The van der Waals surface area contributed by atoms with E-state index < -0.39 is 30.5 Å². The lowest BCUT2D eigenvalue weighted by Gasteiger charge is -2.14. The summed E-state index contributed by atoms with van der Waals surface area (Å²) in [5.41, 5.74) is 0.791. The van der Waals surface area contributed by atoms with Gasteiger partial charge in [0.15, 0.2) is 0 Å². The monoisotopic (exact) mass is 323 g/mol. The molecule has 23 heavy (non-hydrogen) atoms. The van der Waals surface area contributed by atoms with Gasteiger partial charge < -0.3 is 19.9 Å². The van der Waals surface area contributed by atoms with Gasteiger partial charge >= 0.3 is 18.0 Å². The Morgan fingerprint density at radius 3 is 2.48 bits per heavy atom. The molecule has 1 aromatic rings. The van der Waals surface area contributed by atoms with Crippen molar-refractivity contribution in [3.05, 3.63) is 35.9 Å². The van der Waals surface area contributed by atoms with Crippen LogP contribution >= 0.6 is 0 Å². The molecule has 1 atom stereocenters. The number of aliphatic carboxylic acids is 1. The quantitative estimate of drug-likeness (QED) is 0.533. The van der Waals surface area contributed by atoms with E-state index in [4.69, 9.17) is 14.6 Å². The van der Waals surface area contributed by atoms with Gasteiger partial charge in [0.05, 0.1) is 13.0 Å². The summed E-state index contributed by atoms with van der Waals surface area (Å²) in [6, 6.07) is 7.62. The van der Waals surface area contributed by atoms with E-state index in [0.717, 1.165) is 12.0 Å². The Morgan fingerprint density at radius 1 is 1.17 bits per heavy atom. The van der Waals surface area contributed by atoms with Crippen LogP contribution in [0, 0.1) is 0 Å². The van der Waals surface area contributed by atoms with Crippen molar-refractivity contribution in [2.75, 3.05) is 6.61 Å². The van der Waals surface area contributed by atoms with Crippen LogP contribution in [0.15, 0.2) is 30.3 Å². The number of amides is 1. The van der Waals surface area contributed by atoms with Crippen LogP contribution in [0.3, 0.4) is 0 Å². The van der Waals surface area contributed by atoms with Crippen LogP contribution in [0.1, 0.15) is 31.7 Å². The SMILES string of the molecule is CCCCOC(=O)N[C@H](CC(=O)OCc1ccccc1)C(=O)O. The second-order valence-electron chi connectivity index (χ2n) is 4.88. The average Bonchev–Trinajstić information content (AvgIpc) is 2.53. The zero-order valence-corrected chi connectivity index (χ0v) is 13.0. The predicted octanol–water partition coefficient (Wildman–Crippen LogP) is 2.10. The number of benzene rings is 1. The molecule has 0 saturated heterocycles. The Kier molecular flexibility index (Phi) is 8.20. The van der Waals surface area contributed by atoms with Crippen molar-refractivity contribution in [1.29, 1.82) is 0 Å². The number of unbranched alkanes of at least 4 members (excludes halogenated alkanes) is 1. The number of carbonyl (C=O) groups is 3. The second kappa shape index (κ2) is 10.2. The first-order chi connectivity index (χ1) is 11.0. The summed E-state index contributed by atoms with van der Waals surface area (Å²) in [5.74, 6) is -2.04. The van der Waals surface area contributed by atoms with Crippen LogP contribution < -0.4 is 5.32 Å². The van der Waals surface area contributed by atoms with E-state index >= 15 is 0 Å². The van der Waals surface area contributed by atoms with Crippen molar-refractivity contribution in [2.45, 2.75) is 38.8 Å². The first-order valence-corrected chi connectivity index (χ1v) is 7.38. The molecule has 0 unspecified atom stereocenters. The maximum atomic E-state index is 11.7. The topological polar surface area (TPSA) is 102 Å². The van der Waals surface area contributed by atoms with Crippen LogP contribution in [-0.2, 0) is 25.7 Å². The minimum Gasteiger partial charge on any atom is -0.480 e. The molecule has 0 spiro atoms. The van der Waals surface area contributed by atoms with Crippen LogP contribution in [0.5, 0.6) is 0 Å². The number of carboxylic acids is 1. The van der Waals surface area contributed by atoms with Crippen molar-refractivity contribution in [3.8, 4) is 0 Å². The van der Waals surface area contributed by atoms with Crippen molar-refractivity contribution in [1.82, 2.24) is 5.32 Å². The largest absolute Gasteiger partial charge is 0.480 e. The molecule has 2 N–H and O–H groups in total. The summed E-state index contributed by atoms with van der Waals surface area (Å²) in [7, 11) is 0. The lowest BCUT2D eigenvalue weighted by molar-refractivity contribution is -0.150. The van der Waals surface area contributed by atoms with E-state index in [-0.39, 0.29) is 13.2 Å². The van der Waals surface area contributed by atoms with Crippen LogP contribution in [-0.4, -0.2) is 35.8 Å². The van der Waals surface area contributed by atoms with Gasteiger partial charge in [-0.3, -0.25) is 4.79 Å². The molecule has 1 rings (SSSR count). The van der Waals surface area contributed by atoms with E-state index in [0.29, 0.717) is 6.42 Å². The van der Waals surface area contributed by atoms with Crippen molar-refractivity contribution >= 4 is 18.0 Å². The Bertz CT molecular complexity index is 517. The molecule has 126 valence electrons. The lowest BCUT2D eigenvalue weighted by Crippen LogP contribution is -2.42. The molecule has 0 saturated carbocycles. The van der Waals surface area contributed by atoms with Gasteiger partial charge in [-0.1, -0.05) is 43.7 Å². The van der Waals surface area contributed by atoms with E-state index in [1.807, 2.05) is 13.0 Å². The number of carboxylic acid groups (broad SMARTS) is 1.